The van der Waals surface area contributed by atoms with Gasteiger partial charge in [0.15, 0.2) is 11.5 Å². The Morgan fingerprint density at radius 1 is 1.18 bits per heavy atom. The van der Waals surface area contributed by atoms with Gasteiger partial charge in [-0.05, 0) is 30.3 Å². The highest BCUT2D eigenvalue weighted by Crippen LogP contribution is 2.35. The lowest BCUT2D eigenvalue weighted by molar-refractivity contribution is -0.117. The van der Waals surface area contributed by atoms with Crippen LogP contribution in [0.15, 0.2) is 36.4 Å². The normalized spacial score (nSPS) is 18.1. The molecule has 2 aromatic carbocycles. The summed E-state index contributed by atoms with van der Waals surface area (Å²) in [7, 11) is 1.49. The van der Waals surface area contributed by atoms with Crippen LogP contribution in [0.1, 0.15) is 16.8 Å². The van der Waals surface area contributed by atoms with Crippen LogP contribution in [-0.4, -0.2) is 44.7 Å². The SMILES string of the molecule is COc1ccc(Cl)cc1C(=O)NC1CC(=O)N(c2ccc3c(c2)OCCO3)C1. The Morgan fingerprint density at radius 3 is 2.75 bits per heavy atom. The van der Waals surface area contributed by atoms with E-state index >= 15 is 0 Å². The van der Waals surface area contributed by atoms with Crippen molar-refractivity contribution in [1.29, 1.82) is 0 Å². The van der Waals surface area contributed by atoms with Crippen molar-refractivity contribution in [3.05, 3.63) is 47.0 Å². The monoisotopic (exact) mass is 402 g/mol. The number of nitrogens with one attached hydrogen (secondary N) is 1. The van der Waals surface area contributed by atoms with Crippen molar-refractivity contribution in [3.63, 3.8) is 0 Å². The van der Waals surface area contributed by atoms with E-state index in [1.54, 1.807) is 35.2 Å². The molecule has 0 aromatic heterocycles. The van der Waals surface area contributed by atoms with E-state index in [0.717, 1.165) is 0 Å². The van der Waals surface area contributed by atoms with E-state index in [0.29, 0.717) is 53.3 Å². The van der Waals surface area contributed by atoms with E-state index in [1.165, 1.54) is 7.11 Å². The molecule has 2 aliphatic heterocycles. The van der Waals surface area contributed by atoms with Crippen molar-refractivity contribution < 1.29 is 23.8 Å². The van der Waals surface area contributed by atoms with Gasteiger partial charge in [0.25, 0.3) is 5.91 Å². The smallest absolute Gasteiger partial charge is 0.255 e. The van der Waals surface area contributed by atoms with Gasteiger partial charge in [-0.15, -0.1) is 0 Å². The van der Waals surface area contributed by atoms with Crippen LogP contribution in [0.2, 0.25) is 5.02 Å². The van der Waals surface area contributed by atoms with Crippen molar-refractivity contribution in [3.8, 4) is 17.2 Å². The minimum absolute atomic E-state index is 0.0694. The average Bonchev–Trinajstić information content (AvgIpc) is 3.07. The zero-order valence-corrected chi connectivity index (χ0v) is 16.0. The summed E-state index contributed by atoms with van der Waals surface area (Å²) in [5.74, 6) is 1.31. The molecule has 0 radical (unpaired) electrons. The van der Waals surface area contributed by atoms with Crippen LogP contribution in [0.3, 0.4) is 0 Å². The molecule has 2 heterocycles. The number of hydrogen-bond acceptors (Lipinski definition) is 5. The minimum Gasteiger partial charge on any atom is -0.496 e. The summed E-state index contributed by atoms with van der Waals surface area (Å²) < 4.78 is 16.3. The minimum atomic E-state index is -0.332. The van der Waals surface area contributed by atoms with Gasteiger partial charge >= 0.3 is 0 Å². The fourth-order valence-electron chi connectivity index (χ4n) is 3.37. The molecule has 8 heteroatoms. The molecule has 1 N–H and O–H groups in total. The lowest BCUT2D eigenvalue weighted by atomic mass is 10.1. The number of rotatable bonds is 4. The topological polar surface area (TPSA) is 77.1 Å². The highest BCUT2D eigenvalue weighted by Gasteiger charge is 2.33. The van der Waals surface area contributed by atoms with Crippen molar-refractivity contribution in [1.82, 2.24) is 5.32 Å². The van der Waals surface area contributed by atoms with Crippen LogP contribution in [0.4, 0.5) is 5.69 Å². The molecule has 0 bridgehead atoms. The summed E-state index contributed by atoms with van der Waals surface area (Å²) in [6.07, 6.45) is 0.211. The van der Waals surface area contributed by atoms with Gasteiger partial charge in [0.05, 0.1) is 18.7 Å². The molecule has 28 heavy (non-hydrogen) atoms. The van der Waals surface area contributed by atoms with E-state index in [1.807, 2.05) is 6.07 Å². The second-order valence-electron chi connectivity index (χ2n) is 6.55. The summed E-state index contributed by atoms with van der Waals surface area (Å²) in [4.78, 5) is 26.8. The number of nitrogens with zero attached hydrogens (tertiary/aromatic N) is 1. The number of carbonyl (C=O) groups excluding carboxylic acids is 2. The maximum Gasteiger partial charge on any atom is 0.255 e. The van der Waals surface area contributed by atoms with Crippen molar-refractivity contribution in [2.75, 3.05) is 31.8 Å². The van der Waals surface area contributed by atoms with Gasteiger partial charge < -0.3 is 24.4 Å². The van der Waals surface area contributed by atoms with E-state index in [9.17, 15) is 9.59 Å². The Morgan fingerprint density at radius 2 is 1.96 bits per heavy atom. The lowest BCUT2D eigenvalue weighted by Gasteiger charge is -2.22. The van der Waals surface area contributed by atoms with Crippen LogP contribution in [0.25, 0.3) is 0 Å². The third-order valence-electron chi connectivity index (χ3n) is 4.70. The summed E-state index contributed by atoms with van der Waals surface area (Å²) in [6, 6.07) is 9.91. The van der Waals surface area contributed by atoms with Gasteiger partial charge in [-0.25, -0.2) is 0 Å². The first-order valence-corrected chi connectivity index (χ1v) is 9.27. The zero-order chi connectivity index (χ0) is 19.7. The molecule has 0 spiro atoms. The van der Waals surface area contributed by atoms with Gasteiger partial charge in [-0.1, -0.05) is 11.6 Å². The van der Waals surface area contributed by atoms with E-state index in [4.69, 9.17) is 25.8 Å². The largest absolute Gasteiger partial charge is 0.496 e. The van der Waals surface area contributed by atoms with Crippen LogP contribution < -0.4 is 24.4 Å². The zero-order valence-electron chi connectivity index (χ0n) is 15.2. The Hall–Kier alpha value is -2.93. The number of benzene rings is 2. The highest BCUT2D eigenvalue weighted by molar-refractivity contribution is 6.31. The maximum absolute atomic E-state index is 12.7. The Bertz CT molecular complexity index is 933. The van der Waals surface area contributed by atoms with Crippen LogP contribution in [0, 0.1) is 0 Å². The molecule has 7 nitrogen and oxygen atoms in total. The molecule has 0 saturated carbocycles. The molecule has 146 valence electrons. The van der Waals surface area contributed by atoms with E-state index < -0.39 is 0 Å². The number of methoxy groups -OCH3 is 1. The molecule has 2 aromatic rings. The second-order valence-corrected chi connectivity index (χ2v) is 6.99. The molecule has 4 rings (SSSR count). The van der Waals surface area contributed by atoms with Gasteiger partial charge in [-0.2, -0.15) is 0 Å². The standard InChI is InChI=1S/C20H19ClN2O5/c1-26-16-4-2-12(21)8-15(16)20(25)22-13-9-19(24)23(11-13)14-3-5-17-18(10-14)28-7-6-27-17/h2-5,8,10,13H,6-7,9,11H2,1H3,(H,22,25). The predicted octanol–water partition coefficient (Wildman–Crippen LogP) is 2.66. The maximum atomic E-state index is 12.7. The fourth-order valence-corrected chi connectivity index (χ4v) is 3.55. The molecular weight excluding hydrogens is 384 g/mol. The fraction of sp³-hybridized carbons (Fsp3) is 0.300. The average molecular weight is 403 g/mol. The van der Waals surface area contributed by atoms with Gasteiger partial charge in [0.2, 0.25) is 5.91 Å². The summed E-state index contributed by atoms with van der Waals surface area (Å²) in [6.45, 7) is 1.35. The third-order valence-corrected chi connectivity index (χ3v) is 4.94. The summed E-state index contributed by atoms with van der Waals surface area (Å²) in [5.41, 5.74) is 1.05. The molecule has 2 aliphatic rings. The number of halogens is 1. The number of anilines is 1. The van der Waals surface area contributed by atoms with Gasteiger partial charge in [-0.3, -0.25) is 9.59 Å². The first-order valence-electron chi connectivity index (χ1n) is 8.89. The molecule has 1 saturated heterocycles. The van der Waals surface area contributed by atoms with Crippen molar-refractivity contribution in [2.45, 2.75) is 12.5 Å². The van der Waals surface area contributed by atoms with Crippen LogP contribution in [-0.2, 0) is 4.79 Å². The predicted molar refractivity (Wildman–Crippen MR) is 104 cm³/mol. The number of carbonyl (C=O) groups is 2. The first-order chi connectivity index (χ1) is 13.5. The Kier molecular flexibility index (Phi) is 5.00. The highest BCUT2D eigenvalue weighted by atomic mass is 35.5. The molecule has 1 unspecified atom stereocenters. The molecule has 0 aliphatic carbocycles. The first kappa shape index (κ1) is 18.4. The number of fused-ring (bicyclic) bond motifs is 1. The summed E-state index contributed by atoms with van der Waals surface area (Å²) >= 11 is 6.00. The third kappa shape index (κ3) is 3.57. The van der Waals surface area contributed by atoms with Crippen LogP contribution >= 0.6 is 11.6 Å². The number of hydrogen-bond donors (Lipinski definition) is 1. The van der Waals surface area contributed by atoms with Gasteiger partial charge in [0.1, 0.15) is 19.0 Å². The number of amides is 2. The molecule has 2 amide bonds. The second kappa shape index (κ2) is 7.59. The van der Waals surface area contributed by atoms with Crippen molar-refractivity contribution >= 4 is 29.1 Å². The van der Waals surface area contributed by atoms with Gasteiger partial charge in [0, 0.05) is 29.7 Å². The Balaban J connectivity index is 1.48. The van der Waals surface area contributed by atoms with E-state index in [-0.39, 0.29) is 24.3 Å². The number of ether oxygens (including phenoxy) is 3. The van der Waals surface area contributed by atoms with E-state index in [2.05, 4.69) is 5.32 Å². The van der Waals surface area contributed by atoms with Crippen molar-refractivity contribution in [2.24, 2.45) is 0 Å². The summed E-state index contributed by atoms with van der Waals surface area (Å²) in [5, 5.41) is 3.33. The quantitative estimate of drug-likeness (QED) is 0.850. The molecule has 1 atom stereocenters. The lowest BCUT2D eigenvalue weighted by Crippen LogP contribution is -2.37. The van der Waals surface area contributed by atoms with Crippen LogP contribution in [0.5, 0.6) is 17.2 Å². The molecule has 1 fully saturated rings. The Labute approximate surface area is 167 Å². The molecular formula is C20H19ClN2O5.